The van der Waals surface area contributed by atoms with E-state index >= 15 is 0 Å². The molecular formula is C29H32N4O5. The van der Waals surface area contributed by atoms with Crippen LogP contribution in [0.25, 0.3) is 11.3 Å². The topological polar surface area (TPSA) is 111 Å². The lowest BCUT2D eigenvalue weighted by atomic mass is 10.0. The average Bonchev–Trinajstić information content (AvgIpc) is 3.24. The van der Waals surface area contributed by atoms with Crippen molar-refractivity contribution in [2.24, 2.45) is 5.92 Å². The number of unbranched alkanes of at least 4 members (excludes halogenated alkanes) is 1. The number of ether oxygens (including phenoxy) is 2. The van der Waals surface area contributed by atoms with Crippen LogP contribution in [0.2, 0.25) is 0 Å². The second-order valence-electron chi connectivity index (χ2n) is 9.48. The number of esters is 1. The van der Waals surface area contributed by atoms with Crippen LogP contribution in [-0.4, -0.2) is 52.4 Å². The van der Waals surface area contributed by atoms with Crippen LogP contribution in [0.15, 0.2) is 54.9 Å². The van der Waals surface area contributed by atoms with Gasteiger partial charge in [-0.15, -0.1) is 0 Å². The summed E-state index contributed by atoms with van der Waals surface area (Å²) in [4.78, 5) is 48.4. The van der Waals surface area contributed by atoms with Gasteiger partial charge in [0, 0.05) is 23.2 Å². The second-order valence-corrected chi connectivity index (χ2v) is 9.48. The summed E-state index contributed by atoms with van der Waals surface area (Å²) >= 11 is 0. The molecule has 9 heteroatoms. The Morgan fingerprint density at radius 2 is 1.84 bits per heavy atom. The highest BCUT2D eigenvalue weighted by molar-refractivity contribution is 6.04. The van der Waals surface area contributed by atoms with Crippen molar-refractivity contribution in [1.29, 1.82) is 0 Å². The van der Waals surface area contributed by atoms with Gasteiger partial charge in [0.25, 0.3) is 11.8 Å². The van der Waals surface area contributed by atoms with Crippen LogP contribution in [0, 0.1) is 5.92 Å². The molecule has 1 atom stereocenters. The van der Waals surface area contributed by atoms with Gasteiger partial charge in [-0.1, -0.05) is 39.3 Å². The number of nitrogens with one attached hydrogen (secondary N) is 1. The number of methoxy groups -OCH3 is 1. The summed E-state index contributed by atoms with van der Waals surface area (Å²) in [6.45, 7) is 6.86. The van der Waals surface area contributed by atoms with E-state index in [4.69, 9.17) is 9.47 Å². The quantitative estimate of drug-likeness (QED) is 0.306. The number of amides is 2. The molecule has 0 spiro atoms. The Morgan fingerprint density at radius 3 is 2.47 bits per heavy atom. The number of rotatable bonds is 10. The number of nitrogens with zero attached hydrogens (tertiary/aromatic N) is 3. The maximum absolute atomic E-state index is 13.2. The predicted molar refractivity (Wildman–Crippen MR) is 143 cm³/mol. The maximum atomic E-state index is 13.2. The molecule has 1 aromatic heterocycles. The minimum atomic E-state index is -0.657. The van der Waals surface area contributed by atoms with Gasteiger partial charge in [-0.25, -0.2) is 9.78 Å². The van der Waals surface area contributed by atoms with Gasteiger partial charge in [-0.05, 0) is 48.2 Å². The number of anilines is 1. The fraction of sp³-hybridized carbons (Fsp3) is 0.345. The van der Waals surface area contributed by atoms with E-state index in [1.807, 2.05) is 26.0 Å². The summed E-state index contributed by atoms with van der Waals surface area (Å²) in [5.74, 6) is -0.0133. The van der Waals surface area contributed by atoms with Crippen LogP contribution in [0.4, 0.5) is 5.82 Å². The SMILES string of the molecule is CCCCOc1ccc(C(=O)Nc2cnc(-c3ccc4c(c3)C(=O)N(C(C(=O)OC)C(C)C)C4)cn2)cc1. The number of hydrogen-bond acceptors (Lipinski definition) is 7. The molecule has 2 amide bonds. The van der Waals surface area contributed by atoms with E-state index in [1.54, 1.807) is 41.4 Å². The first-order valence-corrected chi connectivity index (χ1v) is 12.7. The first kappa shape index (κ1) is 26.8. The van der Waals surface area contributed by atoms with Gasteiger partial charge >= 0.3 is 5.97 Å². The minimum Gasteiger partial charge on any atom is -0.494 e. The molecule has 198 valence electrons. The summed E-state index contributed by atoms with van der Waals surface area (Å²) in [6, 6.07) is 11.8. The van der Waals surface area contributed by atoms with Gasteiger partial charge in [0.15, 0.2) is 5.82 Å². The number of fused-ring (bicyclic) bond motifs is 1. The highest BCUT2D eigenvalue weighted by atomic mass is 16.5. The highest BCUT2D eigenvalue weighted by Crippen LogP contribution is 2.31. The monoisotopic (exact) mass is 516 g/mol. The number of hydrogen-bond donors (Lipinski definition) is 1. The average molecular weight is 517 g/mol. The smallest absolute Gasteiger partial charge is 0.328 e. The minimum absolute atomic E-state index is 0.0918. The molecule has 9 nitrogen and oxygen atoms in total. The predicted octanol–water partition coefficient (Wildman–Crippen LogP) is 4.73. The van der Waals surface area contributed by atoms with Gasteiger partial charge in [-0.2, -0.15) is 0 Å². The van der Waals surface area contributed by atoms with Gasteiger partial charge in [-0.3, -0.25) is 14.6 Å². The van der Waals surface area contributed by atoms with Crippen molar-refractivity contribution in [3.63, 3.8) is 0 Å². The Labute approximate surface area is 222 Å². The van der Waals surface area contributed by atoms with Crippen molar-refractivity contribution >= 4 is 23.6 Å². The van der Waals surface area contributed by atoms with Gasteiger partial charge in [0.2, 0.25) is 0 Å². The van der Waals surface area contributed by atoms with E-state index < -0.39 is 12.0 Å². The van der Waals surface area contributed by atoms with Crippen LogP contribution in [0.1, 0.15) is 59.9 Å². The zero-order valence-corrected chi connectivity index (χ0v) is 22.1. The normalized spacial score (nSPS) is 13.3. The zero-order valence-electron chi connectivity index (χ0n) is 22.1. The summed E-state index contributed by atoms with van der Waals surface area (Å²) in [5.41, 5.74) is 3.11. The molecule has 2 aromatic carbocycles. The molecule has 0 fully saturated rings. The molecule has 2 heterocycles. The molecule has 0 radical (unpaired) electrons. The molecule has 1 aliphatic heterocycles. The summed E-state index contributed by atoms with van der Waals surface area (Å²) < 4.78 is 10.6. The first-order chi connectivity index (χ1) is 18.3. The van der Waals surface area contributed by atoms with Crippen molar-refractivity contribution in [1.82, 2.24) is 14.9 Å². The Morgan fingerprint density at radius 1 is 1.08 bits per heavy atom. The van der Waals surface area contributed by atoms with E-state index in [0.717, 1.165) is 24.2 Å². The van der Waals surface area contributed by atoms with Crippen LogP contribution in [-0.2, 0) is 16.1 Å². The van der Waals surface area contributed by atoms with Crippen LogP contribution in [0.3, 0.4) is 0 Å². The lowest BCUT2D eigenvalue weighted by molar-refractivity contribution is -0.147. The Balaban J connectivity index is 1.43. The third-order valence-electron chi connectivity index (χ3n) is 6.42. The van der Waals surface area contributed by atoms with Gasteiger partial charge in [0.1, 0.15) is 11.8 Å². The Bertz CT molecular complexity index is 1310. The first-order valence-electron chi connectivity index (χ1n) is 12.7. The fourth-order valence-corrected chi connectivity index (χ4v) is 4.35. The molecule has 3 aromatic rings. The largest absolute Gasteiger partial charge is 0.494 e. The molecule has 0 saturated heterocycles. The van der Waals surface area contributed by atoms with E-state index in [0.29, 0.717) is 41.4 Å². The Kier molecular flexibility index (Phi) is 8.35. The third kappa shape index (κ3) is 5.82. The van der Waals surface area contributed by atoms with Crippen molar-refractivity contribution in [3.05, 3.63) is 71.5 Å². The number of carbonyl (C=O) groups is 3. The van der Waals surface area contributed by atoms with Crippen molar-refractivity contribution in [2.75, 3.05) is 19.0 Å². The van der Waals surface area contributed by atoms with E-state index in [2.05, 4.69) is 22.2 Å². The fourth-order valence-electron chi connectivity index (χ4n) is 4.35. The molecule has 1 aliphatic rings. The van der Waals surface area contributed by atoms with Crippen molar-refractivity contribution in [3.8, 4) is 17.0 Å². The molecule has 38 heavy (non-hydrogen) atoms. The highest BCUT2D eigenvalue weighted by Gasteiger charge is 2.38. The lowest BCUT2D eigenvalue weighted by Gasteiger charge is -2.28. The summed E-state index contributed by atoms with van der Waals surface area (Å²) in [7, 11) is 1.33. The molecule has 0 aliphatic carbocycles. The maximum Gasteiger partial charge on any atom is 0.328 e. The number of benzene rings is 2. The molecular weight excluding hydrogens is 484 g/mol. The van der Waals surface area contributed by atoms with Crippen molar-refractivity contribution < 1.29 is 23.9 Å². The van der Waals surface area contributed by atoms with Crippen LogP contribution in [0.5, 0.6) is 5.75 Å². The molecule has 1 unspecified atom stereocenters. The summed E-state index contributed by atoms with van der Waals surface area (Å²) in [6.07, 6.45) is 5.05. The number of carbonyl (C=O) groups excluding carboxylic acids is 3. The van der Waals surface area contributed by atoms with Gasteiger partial charge < -0.3 is 19.7 Å². The standard InChI is InChI=1S/C29H32N4O5/c1-5-6-13-38-22-11-9-19(10-12-22)27(34)32-25-16-30-24(15-31-25)20-7-8-21-17-33(28(35)23(21)14-20)26(18(2)3)29(36)37-4/h7-12,14-16,18,26H,5-6,13,17H2,1-4H3,(H,31,32,34). The molecule has 1 N–H and O–H groups in total. The summed E-state index contributed by atoms with van der Waals surface area (Å²) in [5, 5.41) is 2.74. The number of aromatic nitrogens is 2. The molecule has 0 bridgehead atoms. The van der Waals surface area contributed by atoms with Crippen LogP contribution >= 0.6 is 0 Å². The second kappa shape index (κ2) is 11.9. The van der Waals surface area contributed by atoms with Gasteiger partial charge in [0.05, 0.1) is 31.8 Å². The molecule has 0 saturated carbocycles. The van der Waals surface area contributed by atoms with E-state index in [1.165, 1.54) is 13.3 Å². The van der Waals surface area contributed by atoms with E-state index in [9.17, 15) is 14.4 Å². The Hall–Kier alpha value is -4.27. The lowest BCUT2D eigenvalue weighted by Crippen LogP contribution is -2.45. The van der Waals surface area contributed by atoms with E-state index in [-0.39, 0.29) is 17.7 Å². The third-order valence-corrected chi connectivity index (χ3v) is 6.42. The van der Waals surface area contributed by atoms with Crippen LogP contribution < -0.4 is 10.1 Å². The van der Waals surface area contributed by atoms with Crippen molar-refractivity contribution in [2.45, 2.75) is 46.2 Å². The molecule has 4 rings (SSSR count). The zero-order chi connectivity index (χ0) is 27.2.